The number of carbonyl (C=O) groups is 1. The molecule has 1 aliphatic rings. The first-order chi connectivity index (χ1) is 7.68. The quantitative estimate of drug-likeness (QED) is 0.857. The van der Waals surface area contributed by atoms with Crippen molar-refractivity contribution in [3.05, 3.63) is 34.3 Å². The zero-order chi connectivity index (χ0) is 11.5. The van der Waals surface area contributed by atoms with Gasteiger partial charge in [0.05, 0.1) is 5.56 Å². The summed E-state index contributed by atoms with van der Waals surface area (Å²) >= 11 is 3.40. The summed E-state index contributed by atoms with van der Waals surface area (Å²) in [5.41, 5.74) is 6.59. The van der Waals surface area contributed by atoms with Crippen LogP contribution < -0.4 is 5.73 Å². The summed E-state index contributed by atoms with van der Waals surface area (Å²) in [4.78, 5) is 14.0. The van der Waals surface area contributed by atoms with Crippen molar-refractivity contribution >= 4 is 21.8 Å². The minimum absolute atomic E-state index is 0.0719. The summed E-state index contributed by atoms with van der Waals surface area (Å²) in [6, 6.07) is 7.63. The highest BCUT2D eigenvalue weighted by atomic mass is 79.9. The number of piperidine rings is 1. The molecule has 0 bridgehead atoms. The molecule has 0 radical (unpaired) electrons. The third kappa shape index (κ3) is 2.44. The Labute approximate surface area is 104 Å². The van der Waals surface area contributed by atoms with Gasteiger partial charge >= 0.3 is 0 Å². The Morgan fingerprint density at radius 1 is 1.44 bits per heavy atom. The van der Waals surface area contributed by atoms with Crippen LogP contribution in [0.25, 0.3) is 0 Å². The maximum Gasteiger partial charge on any atom is 0.255 e. The fourth-order valence-electron chi connectivity index (χ4n) is 2.00. The van der Waals surface area contributed by atoms with Gasteiger partial charge in [0.25, 0.3) is 5.91 Å². The molecule has 0 spiro atoms. The van der Waals surface area contributed by atoms with Crippen LogP contribution in [0.3, 0.4) is 0 Å². The standard InChI is InChI=1S/C12H15BrN2O/c13-11-6-2-1-5-10(11)12(16)15-7-3-4-9(14)8-15/h1-2,5-6,9H,3-4,7-8,14H2/t9-/m1/s1. The Balaban J connectivity index is 2.16. The van der Waals surface area contributed by atoms with Gasteiger partial charge in [-0.3, -0.25) is 4.79 Å². The molecule has 2 N–H and O–H groups in total. The smallest absolute Gasteiger partial charge is 0.255 e. The van der Waals surface area contributed by atoms with E-state index in [1.165, 1.54) is 0 Å². The predicted octanol–water partition coefficient (Wildman–Crippen LogP) is 2.01. The monoisotopic (exact) mass is 282 g/mol. The van der Waals surface area contributed by atoms with Gasteiger partial charge in [0, 0.05) is 23.6 Å². The number of hydrogen-bond acceptors (Lipinski definition) is 2. The number of likely N-dealkylation sites (tertiary alicyclic amines) is 1. The lowest BCUT2D eigenvalue weighted by atomic mass is 10.1. The largest absolute Gasteiger partial charge is 0.337 e. The molecule has 1 aromatic carbocycles. The molecular formula is C12H15BrN2O. The van der Waals surface area contributed by atoms with Crippen LogP contribution in [0.4, 0.5) is 0 Å². The molecule has 2 rings (SSSR count). The van der Waals surface area contributed by atoms with Gasteiger partial charge in [-0.2, -0.15) is 0 Å². The molecule has 16 heavy (non-hydrogen) atoms. The Morgan fingerprint density at radius 2 is 2.19 bits per heavy atom. The highest BCUT2D eigenvalue weighted by molar-refractivity contribution is 9.10. The molecule has 86 valence electrons. The molecule has 1 amide bonds. The summed E-state index contributed by atoms with van der Waals surface area (Å²) < 4.78 is 0.846. The average Bonchev–Trinajstić information content (AvgIpc) is 2.29. The molecule has 1 fully saturated rings. The summed E-state index contributed by atoms with van der Waals surface area (Å²) in [6.07, 6.45) is 2.01. The summed E-state index contributed by atoms with van der Waals surface area (Å²) in [5, 5.41) is 0. The van der Waals surface area contributed by atoms with E-state index >= 15 is 0 Å². The van der Waals surface area contributed by atoms with E-state index in [4.69, 9.17) is 5.73 Å². The minimum Gasteiger partial charge on any atom is -0.337 e. The summed E-state index contributed by atoms with van der Waals surface area (Å²) in [6.45, 7) is 1.48. The van der Waals surface area contributed by atoms with Gasteiger partial charge in [0.15, 0.2) is 0 Å². The van der Waals surface area contributed by atoms with Gasteiger partial charge in [-0.05, 0) is 40.9 Å². The van der Waals surface area contributed by atoms with Crippen molar-refractivity contribution in [3.63, 3.8) is 0 Å². The zero-order valence-electron chi connectivity index (χ0n) is 9.03. The number of rotatable bonds is 1. The first-order valence-electron chi connectivity index (χ1n) is 5.48. The maximum absolute atomic E-state index is 12.2. The first kappa shape index (κ1) is 11.6. The molecule has 1 saturated heterocycles. The van der Waals surface area contributed by atoms with Crippen LogP contribution in [-0.2, 0) is 0 Å². The maximum atomic E-state index is 12.2. The SMILES string of the molecule is N[C@@H]1CCCN(C(=O)c2ccccc2Br)C1. The van der Waals surface area contributed by atoms with Gasteiger partial charge in [-0.25, -0.2) is 0 Å². The Kier molecular flexibility index (Phi) is 3.61. The van der Waals surface area contributed by atoms with Crippen molar-refractivity contribution in [1.82, 2.24) is 4.90 Å². The number of hydrogen-bond donors (Lipinski definition) is 1. The van der Waals surface area contributed by atoms with Crippen LogP contribution in [-0.4, -0.2) is 29.9 Å². The molecule has 3 nitrogen and oxygen atoms in total. The second-order valence-electron chi connectivity index (χ2n) is 4.13. The molecule has 1 aromatic rings. The fourth-order valence-corrected chi connectivity index (χ4v) is 2.45. The number of carbonyl (C=O) groups excluding carboxylic acids is 1. The van der Waals surface area contributed by atoms with Gasteiger partial charge in [0.2, 0.25) is 0 Å². The molecule has 0 saturated carbocycles. The Bertz CT molecular complexity index is 394. The van der Waals surface area contributed by atoms with E-state index < -0.39 is 0 Å². The summed E-state index contributed by atoms with van der Waals surface area (Å²) in [7, 11) is 0. The van der Waals surface area contributed by atoms with Crippen molar-refractivity contribution in [3.8, 4) is 0 Å². The molecule has 0 unspecified atom stereocenters. The number of halogens is 1. The van der Waals surface area contributed by atoms with Crippen LogP contribution in [0, 0.1) is 0 Å². The van der Waals surface area contributed by atoms with Crippen molar-refractivity contribution < 1.29 is 4.79 Å². The number of nitrogens with zero attached hydrogens (tertiary/aromatic N) is 1. The van der Waals surface area contributed by atoms with Gasteiger partial charge < -0.3 is 10.6 Å². The molecule has 1 heterocycles. The fraction of sp³-hybridized carbons (Fsp3) is 0.417. The molecule has 0 aliphatic carbocycles. The van der Waals surface area contributed by atoms with E-state index in [0.717, 1.165) is 29.4 Å². The Hall–Kier alpha value is -0.870. The number of nitrogens with two attached hydrogens (primary N) is 1. The third-order valence-corrected chi connectivity index (χ3v) is 3.54. The molecule has 4 heteroatoms. The van der Waals surface area contributed by atoms with Gasteiger partial charge in [-0.1, -0.05) is 12.1 Å². The van der Waals surface area contributed by atoms with E-state index in [0.29, 0.717) is 6.54 Å². The van der Waals surface area contributed by atoms with E-state index in [1.54, 1.807) is 0 Å². The second-order valence-corrected chi connectivity index (χ2v) is 4.99. The molecule has 1 aliphatic heterocycles. The average molecular weight is 283 g/mol. The zero-order valence-corrected chi connectivity index (χ0v) is 10.6. The van der Waals surface area contributed by atoms with Crippen molar-refractivity contribution in [2.75, 3.05) is 13.1 Å². The van der Waals surface area contributed by atoms with Crippen LogP contribution in [0.5, 0.6) is 0 Å². The van der Waals surface area contributed by atoms with Crippen LogP contribution in [0.2, 0.25) is 0 Å². The normalized spacial score (nSPS) is 20.9. The number of amides is 1. The lowest BCUT2D eigenvalue weighted by molar-refractivity contribution is 0.0708. The second kappa shape index (κ2) is 4.97. The van der Waals surface area contributed by atoms with E-state index in [9.17, 15) is 4.79 Å². The lowest BCUT2D eigenvalue weighted by Crippen LogP contribution is -2.45. The molecule has 1 atom stereocenters. The predicted molar refractivity (Wildman–Crippen MR) is 67.3 cm³/mol. The van der Waals surface area contributed by atoms with E-state index in [1.807, 2.05) is 29.2 Å². The van der Waals surface area contributed by atoms with Gasteiger partial charge in [0.1, 0.15) is 0 Å². The van der Waals surface area contributed by atoms with Gasteiger partial charge in [-0.15, -0.1) is 0 Å². The first-order valence-corrected chi connectivity index (χ1v) is 6.27. The van der Waals surface area contributed by atoms with Crippen LogP contribution in [0.1, 0.15) is 23.2 Å². The third-order valence-electron chi connectivity index (χ3n) is 2.85. The molecular weight excluding hydrogens is 268 g/mol. The van der Waals surface area contributed by atoms with Crippen molar-refractivity contribution in [2.24, 2.45) is 5.73 Å². The highest BCUT2D eigenvalue weighted by Crippen LogP contribution is 2.19. The highest BCUT2D eigenvalue weighted by Gasteiger charge is 2.23. The summed E-state index contributed by atoms with van der Waals surface area (Å²) in [5.74, 6) is 0.0719. The van der Waals surface area contributed by atoms with Crippen molar-refractivity contribution in [1.29, 1.82) is 0 Å². The molecule has 0 aromatic heterocycles. The van der Waals surface area contributed by atoms with Crippen LogP contribution in [0.15, 0.2) is 28.7 Å². The topological polar surface area (TPSA) is 46.3 Å². The van der Waals surface area contributed by atoms with Crippen molar-refractivity contribution in [2.45, 2.75) is 18.9 Å². The Morgan fingerprint density at radius 3 is 2.88 bits per heavy atom. The van der Waals surface area contributed by atoms with Crippen LogP contribution >= 0.6 is 15.9 Å². The minimum atomic E-state index is 0.0719. The van der Waals surface area contributed by atoms with E-state index in [2.05, 4.69) is 15.9 Å². The lowest BCUT2D eigenvalue weighted by Gasteiger charge is -2.31. The number of benzene rings is 1. The van der Waals surface area contributed by atoms with E-state index in [-0.39, 0.29) is 11.9 Å².